The highest BCUT2D eigenvalue weighted by Gasteiger charge is 2.16. The molecule has 7 heteroatoms. The summed E-state index contributed by atoms with van der Waals surface area (Å²) in [5.41, 5.74) is 0.0650. The van der Waals surface area contributed by atoms with Crippen LogP contribution in [0.5, 0.6) is 5.75 Å². The highest BCUT2D eigenvalue weighted by atomic mass is 35.5. The number of hydrogen-bond donors (Lipinski definition) is 2. The maximum Gasteiger partial charge on any atom is 0.335 e. The molecule has 0 aliphatic carbocycles. The first-order chi connectivity index (χ1) is 10.1. The van der Waals surface area contributed by atoms with Crippen LogP contribution in [-0.4, -0.2) is 42.8 Å². The summed E-state index contributed by atoms with van der Waals surface area (Å²) in [7, 11) is 0. The molecule has 1 amide bonds. The zero-order chi connectivity index (χ0) is 15.2. The van der Waals surface area contributed by atoms with Crippen LogP contribution < -0.4 is 10.1 Å². The maximum absolute atomic E-state index is 11.6. The molecule has 1 aliphatic heterocycles. The van der Waals surface area contributed by atoms with E-state index in [1.807, 2.05) is 0 Å². The van der Waals surface area contributed by atoms with Gasteiger partial charge in [-0.15, -0.1) is 0 Å². The normalized spacial score (nSPS) is 17.5. The molecule has 21 heavy (non-hydrogen) atoms. The average Bonchev–Trinajstić information content (AvgIpc) is 2.97. The van der Waals surface area contributed by atoms with Crippen LogP contribution in [0.15, 0.2) is 18.2 Å². The van der Waals surface area contributed by atoms with E-state index >= 15 is 0 Å². The molecule has 1 saturated heterocycles. The first kappa shape index (κ1) is 15.6. The van der Waals surface area contributed by atoms with Crippen LogP contribution in [0.1, 0.15) is 23.2 Å². The topological polar surface area (TPSA) is 84.9 Å². The number of carbonyl (C=O) groups is 2. The van der Waals surface area contributed by atoms with Crippen molar-refractivity contribution in [3.8, 4) is 5.75 Å². The number of rotatable bonds is 6. The van der Waals surface area contributed by atoms with Gasteiger partial charge in [-0.1, -0.05) is 11.6 Å². The molecule has 1 atom stereocenters. The van der Waals surface area contributed by atoms with Crippen molar-refractivity contribution in [2.75, 3.05) is 19.8 Å². The number of carboxylic acid groups (broad SMARTS) is 1. The molecule has 1 aliphatic rings. The molecule has 2 rings (SSSR count). The van der Waals surface area contributed by atoms with Gasteiger partial charge < -0.3 is 19.9 Å². The van der Waals surface area contributed by atoms with Crippen molar-refractivity contribution in [2.45, 2.75) is 18.9 Å². The van der Waals surface area contributed by atoms with Gasteiger partial charge in [0.15, 0.2) is 6.61 Å². The van der Waals surface area contributed by atoms with Crippen LogP contribution >= 0.6 is 11.6 Å². The van der Waals surface area contributed by atoms with Crippen molar-refractivity contribution in [1.82, 2.24) is 5.32 Å². The fourth-order valence-corrected chi connectivity index (χ4v) is 2.21. The van der Waals surface area contributed by atoms with Gasteiger partial charge in [0.1, 0.15) is 5.75 Å². The Balaban J connectivity index is 1.79. The van der Waals surface area contributed by atoms with Crippen LogP contribution in [0.25, 0.3) is 0 Å². The van der Waals surface area contributed by atoms with Crippen LogP contribution in [-0.2, 0) is 9.53 Å². The van der Waals surface area contributed by atoms with Gasteiger partial charge in [0.25, 0.3) is 5.91 Å². The number of ether oxygens (including phenoxy) is 2. The molecule has 6 nitrogen and oxygen atoms in total. The lowest BCUT2D eigenvalue weighted by molar-refractivity contribution is -0.123. The van der Waals surface area contributed by atoms with Crippen LogP contribution in [0.2, 0.25) is 5.02 Å². The highest BCUT2D eigenvalue weighted by Crippen LogP contribution is 2.25. The average molecular weight is 314 g/mol. The zero-order valence-electron chi connectivity index (χ0n) is 11.3. The fraction of sp³-hybridized carbons (Fsp3) is 0.429. The number of hydrogen-bond acceptors (Lipinski definition) is 4. The number of carbonyl (C=O) groups excluding carboxylic acids is 1. The van der Waals surface area contributed by atoms with Crippen molar-refractivity contribution < 1.29 is 24.2 Å². The lowest BCUT2D eigenvalue weighted by Gasteiger charge is -2.12. The molecule has 0 spiro atoms. The van der Waals surface area contributed by atoms with Gasteiger partial charge in [-0.2, -0.15) is 0 Å². The Morgan fingerprint density at radius 1 is 1.48 bits per heavy atom. The smallest absolute Gasteiger partial charge is 0.335 e. The van der Waals surface area contributed by atoms with Gasteiger partial charge in [0.05, 0.1) is 16.7 Å². The molecule has 0 bridgehead atoms. The predicted molar refractivity (Wildman–Crippen MR) is 75.9 cm³/mol. The Kier molecular flexibility index (Phi) is 5.41. The summed E-state index contributed by atoms with van der Waals surface area (Å²) in [5.74, 6) is -1.07. The number of amides is 1. The number of halogens is 1. The molecule has 1 heterocycles. The third-order valence-electron chi connectivity index (χ3n) is 3.09. The second-order valence-electron chi connectivity index (χ2n) is 4.68. The largest absolute Gasteiger partial charge is 0.482 e. The first-order valence-corrected chi connectivity index (χ1v) is 6.98. The van der Waals surface area contributed by atoms with E-state index in [0.717, 1.165) is 19.4 Å². The van der Waals surface area contributed by atoms with Crippen molar-refractivity contribution in [3.05, 3.63) is 28.8 Å². The standard InChI is InChI=1S/C14H16ClNO5/c15-11-6-9(14(18)19)3-4-12(11)21-8-13(17)16-7-10-2-1-5-20-10/h3-4,6,10H,1-2,5,7-8H2,(H,16,17)(H,18,19). The van der Waals surface area contributed by atoms with Gasteiger partial charge in [0, 0.05) is 13.2 Å². The van der Waals surface area contributed by atoms with Crippen molar-refractivity contribution in [2.24, 2.45) is 0 Å². The van der Waals surface area contributed by atoms with Crippen molar-refractivity contribution in [1.29, 1.82) is 0 Å². The minimum absolute atomic E-state index is 0.0650. The molecule has 0 radical (unpaired) electrons. The number of carboxylic acids is 1. The van der Waals surface area contributed by atoms with E-state index < -0.39 is 5.97 Å². The van der Waals surface area contributed by atoms with E-state index in [1.54, 1.807) is 0 Å². The summed E-state index contributed by atoms with van der Waals surface area (Å²) in [6.07, 6.45) is 2.04. The number of benzene rings is 1. The maximum atomic E-state index is 11.6. The predicted octanol–water partition coefficient (Wildman–Crippen LogP) is 1.71. The van der Waals surface area contributed by atoms with Crippen LogP contribution in [0, 0.1) is 0 Å². The Labute approximate surface area is 127 Å². The summed E-state index contributed by atoms with van der Waals surface area (Å²) in [6, 6.07) is 4.08. The van der Waals surface area contributed by atoms with Crippen LogP contribution in [0.3, 0.4) is 0 Å². The minimum atomic E-state index is -1.07. The molecule has 2 N–H and O–H groups in total. The first-order valence-electron chi connectivity index (χ1n) is 6.60. The summed E-state index contributed by atoms with van der Waals surface area (Å²) in [5, 5.41) is 11.7. The molecule has 1 aromatic rings. The summed E-state index contributed by atoms with van der Waals surface area (Å²) in [6.45, 7) is 1.02. The van der Waals surface area contributed by atoms with E-state index in [4.69, 9.17) is 26.2 Å². The van der Waals surface area contributed by atoms with Gasteiger partial charge >= 0.3 is 5.97 Å². The monoisotopic (exact) mass is 313 g/mol. The second kappa shape index (κ2) is 7.28. The molecule has 114 valence electrons. The lowest BCUT2D eigenvalue weighted by Crippen LogP contribution is -2.35. The molecule has 0 aromatic heterocycles. The van der Waals surface area contributed by atoms with Gasteiger partial charge in [-0.25, -0.2) is 4.79 Å². The van der Waals surface area contributed by atoms with E-state index in [0.29, 0.717) is 6.54 Å². The number of nitrogens with one attached hydrogen (secondary N) is 1. The SMILES string of the molecule is O=C(COc1ccc(C(=O)O)cc1Cl)NCC1CCCO1. The summed E-state index contributed by atoms with van der Waals surface area (Å²) >= 11 is 5.90. The molecule has 1 fully saturated rings. The molecule has 1 aromatic carbocycles. The highest BCUT2D eigenvalue weighted by molar-refractivity contribution is 6.32. The Morgan fingerprint density at radius 2 is 2.29 bits per heavy atom. The molecular weight excluding hydrogens is 298 g/mol. The molecular formula is C14H16ClNO5. The molecule has 1 unspecified atom stereocenters. The van der Waals surface area contributed by atoms with E-state index in [2.05, 4.69) is 5.32 Å². The van der Waals surface area contributed by atoms with Gasteiger partial charge in [-0.05, 0) is 31.0 Å². The Hall–Kier alpha value is -1.79. The fourth-order valence-electron chi connectivity index (χ4n) is 1.98. The Bertz CT molecular complexity index is 528. The lowest BCUT2D eigenvalue weighted by atomic mass is 10.2. The van der Waals surface area contributed by atoms with E-state index in [1.165, 1.54) is 18.2 Å². The molecule has 0 saturated carbocycles. The van der Waals surface area contributed by atoms with E-state index in [9.17, 15) is 9.59 Å². The minimum Gasteiger partial charge on any atom is -0.482 e. The zero-order valence-corrected chi connectivity index (χ0v) is 12.1. The van der Waals surface area contributed by atoms with E-state index in [-0.39, 0.29) is 35.0 Å². The third kappa shape index (κ3) is 4.61. The summed E-state index contributed by atoms with van der Waals surface area (Å²) in [4.78, 5) is 22.4. The summed E-state index contributed by atoms with van der Waals surface area (Å²) < 4.78 is 10.7. The Morgan fingerprint density at radius 3 is 2.90 bits per heavy atom. The van der Waals surface area contributed by atoms with Crippen molar-refractivity contribution in [3.63, 3.8) is 0 Å². The van der Waals surface area contributed by atoms with Crippen molar-refractivity contribution >= 4 is 23.5 Å². The number of aromatic carboxylic acids is 1. The van der Waals surface area contributed by atoms with Gasteiger partial charge in [0.2, 0.25) is 0 Å². The van der Waals surface area contributed by atoms with Gasteiger partial charge in [-0.3, -0.25) is 4.79 Å². The van der Waals surface area contributed by atoms with Crippen LogP contribution in [0.4, 0.5) is 0 Å². The second-order valence-corrected chi connectivity index (χ2v) is 5.09. The third-order valence-corrected chi connectivity index (χ3v) is 3.38. The quantitative estimate of drug-likeness (QED) is 0.835.